The quantitative estimate of drug-likeness (QED) is 0.761. The van der Waals surface area contributed by atoms with Gasteiger partial charge in [0.1, 0.15) is 5.60 Å². The van der Waals surface area contributed by atoms with Gasteiger partial charge in [0, 0.05) is 43.3 Å². The standard InChI is InChI=1S/C24H34N2O4/c1-24(2,3)30-23(28)26(15-16-7-8-16)21-14-20(21)17-5-4-6-18(13-17)22(27)25-19-9-11-29-12-10-19/h4-6,13,16,19-21H,7-12,14-15H2,1-3H3,(H,25,27)/t20-,21+/m0/s1. The molecule has 1 saturated heterocycles. The third-order valence-corrected chi connectivity index (χ3v) is 6.07. The molecule has 0 spiro atoms. The fraction of sp³-hybridized carbons (Fsp3) is 0.667. The lowest BCUT2D eigenvalue weighted by molar-refractivity contribution is 0.0220. The highest BCUT2D eigenvalue weighted by atomic mass is 16.6. The molecule has 0 unspecified atom stereocenters. The molecule has 0 radical (unpaired) electrons. The van der Waals surface area contributed by atoms with Crippen molar-refractivity contribution < 1.29 is 19.1 Å². The molecule has 1 aliphatic heterocycles. The molecule has 3 aliphatic rings. The molecule has 2 amide bonds. The third kappa shape index (κ3) is 5.54. The SMILES string of the molecule is CC(C)(C)OC(=O)N(CC1CC1)[C@@H]1C[C@H]1c1cccc(C(=O)NC2CCOCC2)c1. The summed E-state index contributed by atoms with van der Waals surface area (Å²) in [4.78, 5) is 27.4. The minimum absolute atomic E-state index is 0.0251. The smallest absolute Gasteiger partial charge is 0.410 e. The van der Waals surface area contributed by atoms with Gasteiger partial charge in [-0.15, -0.1) is 0 Å². The number of nitrogens with one attached hydrogen (secondary N) is 1. The summed E-state index contributed by atoms with van der Waals surface area (Å²) in [5.41, 5.74) is 1.32. The van der Waals surface area contributed by atoms with E-state index in [0.29, 0.717) is 24.7 Å². The van der Waals surface area contributed by atoms with Crippen molar-refractivity contribution in [2.24, 2.45) is 5.92 Å². The Bertz CT molecular complexity index is 778. The molecule has 2 aliphatic carbocycles. The first-order valence-corrected chi connectivity index (χ1v) is 11.3. The van der Waals surface area contributed by atoms with Gasteiger partial charge < -0.3 is 19.7 Å². The number of hydrogen-bond donors (Lipinski definition) is 1. The van der Waals surface area contributed by atoms with Crippen molar-refractivity contribution >= 4 is 12.0 Å². The molecule has 2 saturated carbocycles. The molecule has 1 N–H and O–H groups in total. The van der Waals surface area contributed by atoms with Crippen molar-refractivity contribution in [1.29, 1.82) is 0 Å². The zero-order valence-corrected chi connectivity index (χ0v) is 18.4. The summed E-state index contributed by atoms with van der Waals surface area (Å²) < 4.78 is 11.0. The molecule has 2 atom stereocenters. The van der Waals surface area contributed by atoms with Crippen molar-refractivity contribution in [3.05, 3.63) is 35.4 Å². The monoisotopic (exact) mass is 414 g/mol. The number of ether oxygens (including phenoxy) is 2. The molecule has 1 heterocycles. The zero-order chi connectivity index (χ0) is 21.3. The summed E-state index contributed by atoms with van der Waals surface area (Å²) in [5.74, 6) is 0.852. The van der Waals surface area contributed by atoms with Gasteiger partial charge >= 0.3 is 6.09 Å². The molecule has 4 rings (SSSR count). The summed E-state index contributed by atoms with van der Waals surface area (Å²) in [5, 5.41) is 3.13. The van der Waals surface area contributed by atoms with Crippen LogP contribution >= 0.6 is 0 Å². The predicted molar refractivity (Wildman–Crippen MR) is 115 cm³/mol. The lowest BCUT2D eigenvalue weighted by Crippen LogP contribution is -2.40. The molecular weight excluding hydrogens is 380 g/mol. The minimum Gasteiger partial charge on any atom is -0.444 e. The number of rotatable bonds is 6. The molecule has 0 aromatic heterocycles. The Morgan fingerprint density at radius 3 is 2.57 bits per heavy atom. The molecule has 164 valence electrons. The van der Waals surface area contributed by atoms with E-state index in [1.54, 1.807) is 0 Å². The van der Waals surface area contributed by atoms with Crippen molar-refractivity contribution in [2.75, 3.05) is 19.8 Å². The van der Waals surface area contributed by atoms with E-state index in [1.165, 1.54) is 12.8 Å². The van der Waals surface area contributed by atoms with Crippen LogP contribution in [0.15, 0.2) is 24.3 Å². The lowest BCUT2D eigenvalue weighted by Gasteiger charge is -2.28. The Balaban J connectivity index is 1.41. The van der Waals surface area contributed by atoms with Gasteiger partial charge in [0.05, 0.1) is 0 Å². The zero-order valence-electron chi connectivity index (χ0n) is 18.4. The molecule has 6 nitrogen and oxygen atoms in total. The maximum absolute atomic E-state index is 12.8. The number of amides is 2. The summed E-state index contributed by atoms with van der Waals surface area (Å²) in [6.07, 6.45) is 4.83. The van der Waals surface area contributed by atoms with Crippen molar-refractivity contribution in [3.8, 4) is 0 Å². The molecule has 3 fully saturated rings. The van der Waals surface area contributed by atoms with Crippen molar-refractivity contribution in [3.63, 3.8) is 0 Å². The Morgan fingerprint density at radius 1 is 1.17 bits per heavy atom. The van der Waals surface area contributed by atoms with Crippen LogP contribution in [0.3, 0.4) is 0 Å². The largest absolute Gasteiger partial charge is 0.444 e. The third-order valence-electron chi connectivity index (χ3n) is 6.07. The van der Waals surface area contributed by atoms with E-state index in [2.05, 4.69) is 11.4 Å². The molecule has 1 aromatic rings. The average Bonchev–Trinajstić information content (AvgIpc) is 3.60. The first kappa shape index (κ1) is 21.2. The van der Waals surface area contributed by atoms with Gasteiger partial charge in [-0.05, 0) is 76.5 Å². The number of carbonyl (C=O) groups excluding carboxylic acids is 2. The first-order chi connectivity index (χ1) is 14.3. The number of nitrogens with zero attached hydrogens (tertiary/aromatic N) is 1. The van der Waals surface area contributed by atoms with Crippen LogP contribution in [0.4, 0.5) is 4.79 Å². The predicted octanol–water partition coefficient (Wildman–Crippen LogP) is 4.10. The van der Waals surface area contributed by atoms with Crippen molar-refractivity contribution in [1.82, 2.24) is 10.2 Å². The van der Waals surface area contributed by atoms with Gasteiger partial charge in [-0.25, -0.2) is 4.79 Å². The van der Waals surface area contributed by atoms with Crippen LogP contribution in [0.25, 0.3) is 0 Å². The van der Waals surface area contributed by atoms with Gasteiger partial charge in [-0.3, -0.25) is 4.79 Å². The van der Waals surface area contributed by atoms with Crippen LogP contribution in [-0.2, 0) is 9.47 Å². The van der Waals surface area contributed by atoms with Crippen molar-refractivity contribution in [2.45, 2.75) is 76.5 Å². The lowest BCUT2D eigenvalue weighted by atomic mass is 10.0. The maximum Gasteiger partial charge on any atom is 0.410 e. The highest BCUT2D eigenvalue weighted by Gasteiger charge is 2.47. The summed E-state index contributed by atoms with van der Waals surface area (Å²) in [6.45, 7) is 7.91. The Labute approximate surface area is 179 Å². The van der Waals surface area contributed by atoms with Gasteiger partial charge in [0.25, 0.3) is 5.91 Å². The first-order valence-electron chi connectivity index (χ1n) is 11.3. The van der Waals surface area contributed by atoms with E-state index in [9.17, 15) is 9.59 Å². The second-order valence-corrected chi connectivity index (χ2v) is 9.97. The number of benzene rings is 1. The van der Waals surface area contributed by atoms with E-state index in [4.69, 9.17) is 9.47 Å². The Hall–Kier alpha value is -2.08. The number of carbonyl (C=O) groups is 2. The van der Waals surface area contributed by atoms with Crippen LogP contribution in [-0.4, -0.2) is 54.3 Å². The van der Waals surface area contributed by atoms with Crippen LogP contribution in [0.2, 0.25) is 0 Å². The molecular formula is C24H34N2O4. The van der Waals surface area contributed by atoms with Gasteiger partial charge in [0.2, 0.25) is 0 Å². The topological polar surface area (TPSA) is 67.9 Å². The highest BCUT2D eigenvalue weighted by Crippen LogP contribution is 2.46. The average molecular weight is 415 g/mol. The summed E-state index contributed by atoms with van der Waals surface area (Å²) >= 11 is 0. The van der Waals surface area contributed by atoms with E-state index >= 15 is 0 Å². The second-order valence-electron chi connectivity index (χ2n) is 9.97. The fourth-order valence-corrected chi connectivity index (χ4v) is 4.15. The molecule has 30 heavy (non-hydrogen) atoms. The second kappa shape index (κ2) is 8.58. The fourth-order valence-electron chi connectivity index (χ4n) is 4.15. The van der Waals surface area contributed by atoms with Crippen LogP contribution < -0.4 is 5.32 Å². The highest BCUT2D eigenvalue weighted by molar-refractivity contribution is 5.94. The normalized spacial score (nSPS) is 24.2. The van der Waals surface area contributed by atoms with E-state index in [0.717, 1.165) is 31.4 Å². The Kier molecular flexibility index (Phi) is 6.05. The van der Waals surface area contributed by atoms with Crippen LogP contribution in [0.5, 0.6) is 0 Å². The van der Waals surface area contributed by atoms with E-state index < -0.39 is 5.60 Å². The van der Waals surface area contributed by atoms with Gasteiger partial charge in [-0.2, -0.15) is 0 Å². The summed E-state index contributed by atoms with van der Waals surface area (Å²) in [6, 6.07) is 8.22. The Morgan fingerprint density at radius 2 is 1.90 bits per heavy atom. The van der Waals surface area contributed by atoms with Gasteiger partial charge in [-0.1, -0.05) is 12.1 Å². The molecule has 1 aromatic carbocycles. The molecule has 0 bridgehead atoms. The van der Waals surface area contributed by atoms with Gasteiger partial charge in [0.15, 0.2) is 0 Å². The number of hydrogen-bond acceptors (Lipinski definition) is 4. The van der Waals surface area contributed by atoms with E-state index in [1.807, 2.05) is 43.9 Å². The summed E-state index contributed by atoms with van der Waals surface area (Å²) in [7, 11) is 0. The van der Waals surface area contributed by atoms with Crippen LogP contribution in [0.1, 0.15) is 74.7 Å². The molecule has 6 heteroatoms. The van der Waals surface area contributed by atoms with E-state index in [-0.39, 0.29) is 30.0 Å². The maximum atomic E-state index is 12.8. The minimum atomic E-state index is -0.495. The van der Waals surface area contributed by atoms with Crippen LogP contribution in [0, 0.1) is 5.92 Å².